The normalized spacial score (nSPS) is 24.3. The van der Waals surface area contributed by atoms with E-state index in [-0.39, 0.29) is 0 Å². The Morgan fingerprint density at radius 1 is 1.80 bits per heavy atom. The number of hydrogen-bond acceptors (Lipinski definition) is 3. The zero-order valence-electron chi connectivity index (χ0n) is 5.82. The van der Waals surface area contributed by atoms with Crippen molar-refractivity contribution in [1.82, 2.24) is 14.8 Å². The zero-order valence-corrected chi connectivity index (χ0v) is 6.64. The van der Waals surface area contributed by atoms with Gasteiger partial charge in [-0.25, -0.2) is 0 Å². The fourth-order valence-corrected chi connectivity index (χ4v) is 2.14. The van der Waals surface area contributed by atoms with E-state index in [0.717, 1.165) is 12.4 Å². The van der Waals surface area contributed by atoms with Gasteiger partial charge in [-0.1, -0.05) is 0 Å². The standard InChI is InChI=1S/C6H9N3S/c1-5-6-8-7-4-9(6)2-3-10-5/h4-5H,2-3H2,1H3/t5-/m0/s1. The van der Waals surface area contributed by atoms with Gasteiger partial charge >= 0.3 is 0 Å². The highest BCUT2D eigenvalue weighted by atomic mass is 32.2. The average Bonchev–Trinajstić information content (AvgIpc) is 2.36. The maximum absolute atomic E-state index is 4.03. The van der Waals surface area contributed by atoms with Gasteiger partial charge in [-0.2, -0.15) is 0 Å². The van der Waals surface area contributed by atoms with Crippen LogP contribution >= 0.6 is 11.8 Å². The topological polar surface area (TPSA) is 30.7 Å². The molecule has 3 nitrogen and oxygen atoms in total. The molecule has 0 amide bonds. The molecule has 1 aliphatic heterocycles. The third-order valence-electron chi connectivity index (χ3n) is 1.71. The summed E-state index contributed by atoms with van der Waals surface area (Å²) in [7, 11) is 0. The van der Waals surface area contributed by atoms with Crippen LogP contribution in [-0.4, -0.2) is 20.5 Å². The molecule has 0 radical (unpaired) electrons. The minimum Gasteiger partial charge on any atom is -0.316 e. The van der Waals surface area contributed by atoms with E-state index in [9.17, 15) is 0 Å². The van der Waals surface area contributed by atoms with E-state index < -0.39 is 0 Å². The number of fused-ring (bicyclic) bond motifs is 1. The molecule has 10 heavy (non-hydrogen) atoms. The minimum atomic E-state index is 0.524. The van der Waals surface area contributed by atoms with E-state index in [1.807, 2.05) is 18.1 Å². The van der Waals surface area contributed by atoms with Crippen LogP contribution in [0.15, 0.2) is 6.33 Å². The van der Waals surface area contributed by atoms with Crippen molar-refractivity contribution in [2.24, 2.45) is 0 Å². The van der Waals surface area contributed by atoms with Crippen LogP contribution in [-0.2, 0) is 6.54 Å². The number of nitrogens with zero attached hydrogens (tertiary/aromatic N) is 3. The van der Waals surface area contributed by atoms with Crippen LogP contribution in [0.4, 0.5) is 0 Å². The first kappa shape index (κ1) is 6.22. The lowest BCUT2D eigenvalue weighted by molar-refractivity contribution is 0.685. The second-order valence-corrected chi connectivity index (χ2v) is 3.84. The summed E-state index contributed by atoms with van der Waals surface area (Å²) in [6, 6.07) is 0. The number of thioether (sulfide) groups is 1. The molecule has 1 atom stereocenters. The van der Waals surface area contributed by atoms with Crippen LogP contribution in [0.3, 0.4) is 0 Å². The SMILES string of the molecule is C[C@@H]1SCCn2cnnc21. The maximum atomic E-state index is 4.03. The van der Waals surface area contributed by atoms with Gasteiger partial charge in [-0.3, -0.25) is 0 Å². The molecule has 0 unspecified atom stereocenters. The van der Waals surface area contributed by atoms with E-state index in [1.165, 1.54) is 5.75 Å². The van der Waals surface area contributed by atoms with Crippen molar-refractivity contribution in [2.45, 2.75) is 18.7 Å². The highest BCUT2D eigenvalue weighted by Gasteiger charge is 2.17. The lowest BCUT2D eigenvalue weighted by Crippen LogP contribution is -2.12. The Hall–Kier alpha value is -0.510. The Kier molecular flexibility index (Phi) is 1.41. The second-order valence-electron chi connectivity index (χ2n) is 2.40. The van der Waals surface area contributed by atoms with Crippen molar-refractivity contribution in [3.05, 3.63) is 12.2 Å². The van der Waals surface area contributed by atoms with Crippen LogP contribution in [0.25, 0.3) is 0 Å². The summed E-state index contributed by atoms with van der Waals surface area (Å²) in [4.78, 5) is 0. The fraction of sp³-hybridized carbons (Fsp3) is 0.667. The van der Waals surface area contributed by atoms with Crippen molar-refractivity contribution in [3.8, 4) is 0 Å². The van der Waals surface area contributed by atoms with Crippen molar-refractivity contribution < 1.29 is 0 Å². The van der Waals surface area contributed by atoms with Gasteiger partial charge in [0.15, 0.2) is 0 Å². The molecule has 2 heterocycles. The number of aryl methyl sites for hydroxylation is 1. The van der Waals surface area contributed by atoms with Crippen molar-refractivity contribution in [2.75, 3.05) is 5.75 Å². The first-order valence-corrected chi connectivity index (χ1v) is 4.42. The zero-order chi connectivity index (χ0) is 6.97. The molecule has 0 aliphatic carbocycles. The lowest BCUT2D eigenvalue weighted by Gasteiger charge is -2.17. The van der Waals surface area contributed by atoms with Crippen LogP contribution in [0.2, 0.25) is 0 Å². The molecule has 0 fully saturated rings. The molecule has 0 saturated carbocycles. The maximum Gasteiger partial charge on any atom is 0.145 e. The van der Waals surface area contributed by atoms with Gasteiger partial charge in [0.25, 0.3) is 0 Å². The van der Waals surface area contributed by atoms with Crippen LogP contribution in [0, 0.1) is 0 Å². The van der Waals surface area contributed by atoms with Gasteiger partial charge in [0.2, 0.25) is 0 Å². The Morgan fingerprint density at radius 3 is 3.50 bits per heavy atom. The predicted octanol–water partition coefficient (Wildman–Crippen LogP) is 1.09. The van der Waals surface area contributed by atoms with Crippen molar-refractivity contribution in [3.63, 3.8) is 0 Å². The first-order chi connectivity index (χ1) is 4.88. The molecule has 1 aliphatic rings. The number of rotatable bonds is 0. The Balaban J connectivity index is 2.41. The van der Waals surface area contributed by atoms with Gasteiger partial charge in [0.1, 0.15) is 12.2 Å². The highest BCUT2D eigenvalue weighted by molar-refractivity contribution is 7.99. The first-order valence-electron chi connectivity index (χ1n) is 3.37. The summed E-state index contributed by atoms with van der Waals surface area (Å²) in [6.07, 6.45) is 1.81. The lowest BCUT2D eigenvalue weighted by atomic mass is 10.4. The molecule has 1 aromatic rings. The molecule has 4 heteroatoms. The smallest absolute Gasteiger partial charge is 0.145 e. The monoisotopic (exact) mass is 155 g/mol. The van der Waals surface area contributed by atoms with Crippen molar-refractivity contribution in [1.29, 1.82) is 0 Å². The van der Waals surface area contributed by atoms with E-state index in [2.05, 4.69) is 21.7 Å². The minimum absolute atomic E-state index is 0.524. The number of aromatic nitrogens is 3. The molecular formula is C6H9N3S. The molecule has 2 rings (SSSR count). The second kappa shape index (κ2) is 2.27. The Bertz CT molecular complexity index is 233. The third kappa shape index (κ3) is 0.831. The summed E-state index contributed by atoms with van der Waals surface area (Å²) < 4.78 is 2.13. The van der Waals surface area contributed by atoms with Crippen LogP contribution in [0.5, 0.6) is 0 Å². The van der Waals surface area contributed by atoms with Crippen molar-refractivity contribution >= 4 is 11.8 Å². The van der Waals surface area contributed by atoms with Gasteiger partial charge in [0, 0.05) is 12.3 Å². The molecule has 0 spiro atoms. The Morgan fingerprint density at radius 2 is 2.70 bits per heavy atom. The van der Waals surface area contributed by atoms with E-state index in [0.29, 0.717) is 5.25 Å². The molecule has 0 aromatic carbocycles. The van der Waals surface area contributed by atoms with Gasteiger partial charge in [-0.15, -0.1) is 22.0 Å². The van der Waals surface area contributed by atoms with Gasteiger partial charge in [0.05, 0.1) is 5.25 Å². The molecular weight excluding hydrogens is 146 g/mol. The summed E-state index contributed by atoms with van der Waals surface area (Å²) in [5.74, 6) is 2.31. The third-order valence-corrected chi connectivity index (χ3v) is 2.84. The predicted molar refractivity (Wildman–Crippen MR) is 40.9 cm³/mol. The largest absolute Gasteiger partial charge is 0.316 e. The van der Waals surface area contributed by atoms with E-state index >= 15 is 0 Å². The fourth-order valence-electron chi connectivity index (χ4n) is 1.15. The van der Waals surface area contributed by atoms with E-state index in [4.69, 9.17) is 0 Å². The molecule has 0 saturated heterocycles. The summed E-state index contributed by atoms with van der Waals surface area (Å²) >= 11 is 1.94. The summed E-state index contributed by atoms with van der Waals surface area (Å²) in [5, 5.41) is 8.41. The number of hydrogen-bond donors (Lipinski definition) is 0. The average molecular weight is 155 g/mol. The molecule has 1 aromatic heterocycles. The van der Waals surface area contributed by atoms with Crippen LogP contribution in [0.1, 0.15) is 18.0 Å². The molecule has 0 N–H and O–H groups in total. The highest BCUT2D eigenvalue weighted by Crippen LogP contribution is 2.30. The van der Waals surface area contributed by atoms with E-state index in [1.54, 1.807) is 0 Å². The Labute approximate surface area is 63.8 Å². The van der Waals surface area contributed by atoms with Gasteiger partial charge in [-0.05, 0) is 6.92 Å². The quantitative estimate of drug-likeness (QED) is 0.562. The molecule has 54 valence electrons. The summed E-state index contributed by atoms with van der Waals surface area (Å²) in [5.41, 5.74) is 0. The van der Waals surface area contributed by atoms with Gasteiger partial charge < -0.3 is 4.57 Å². The van der Waals surface area contributed by atoms with Crippen LogP contribution < -0.4 is 0 Å². The molecule has 0 bridgehead atoms. The summed E-state index contributed by atoms with van der Waals surface area (Å²) in [6.45, 7) is 3.24.